The lowest BCUT2D eigenvalue weighted by atomic mass is 9.99. The monoisotopic (exact) mass is 447 g/mol. The van der Waals surface area contributed by atoms with Gasteiger partial charge in [-0.15, -0.1) is 11.3 Å². The summed E-state index contributed by atoms with van der Waals surface area (Å²) in [5.41, 5.74) is 5.16. The van der Waals surface area contributed by atoms with Crippen LogP contribution >= 0.6 is 11.3 Å². The van der Waals surface area contributed by atoms with Gasteiger partial charge in [-0.3, -0.25) is 14.3 Å². The van der Waals surface area contributed by atoms with E-state index in [4.69, 9.17) is 0 Å². The van der Waals surface area contributed by atoms with Crippen molar-refractivity contribution in [3.8, 4) is 0 Å². The Bertz CT molecular complexity index is 1400. The fourth-order valence-electron chi connectivity index (χ4n) is 5.08. The van der Waals surface area contributed by atoms with Crippen molar-refractivity contribution in [1.29, 1.82) is 0 Å². The Morgan fingerprint density at radius 3 is 3.12 bits per heavy atom. The minimum absolute atomic E-state index is 0.136. The predicted octanol–water partition coefficient (Wildman–Crippen LogP) is 1.69. The summed E-state index contributed by atoms with van der Waals surface area (Å²) in [6, 6.07) is 2.08. The minimum Gasteiger partial charge on any atom is -0.359 e. The fourth-order valence-corrected chi connectivity index (χ4v) is 6.33. The average molecular weight is 448 g/mol. The molecule has 2 aliphatic rings. The third kappa shape index (κ3) is 3.39. The summed E-state index contributed by atoms with van der Waals surface area (Å²) in [5, 5.41) is 2.11. The lowest BCUT2D eigenvalue weighted by molar-refractivity contribution is -0.895. The number of quaternary nitrogens is 1. The normalized spacial score (nSPS) is 19.4. The number of H-pyrrole nitrogens is 1. The first-order valence-electron chi connectivity index (χ1n) is 11.3. The van der Waals surface area contributed by atoms with Crippen LogP contribution in [-0.2, 0) is 19.5 Å². The SMILES string of the molecule is CN1CCc2c(sc3ncn(CC[NH+]4CC=C(c5c[nH]c6cnccc56)CC4)c(=O)c23)C1. The molecule has 2 aliphatic heterocycles. The zero-order chi connectivity index (χ0) is 21.7. The van der Waals surface area contributed by atoms with E-state index < -0.39 is 0 Å². The Morgan fingerprint density at radius 1 is 1.31 bits per heavy atom. The molecule has 7 nitrogen and oxygen atoms in total. The van der Waals surface area contributed by atoms with E-state index in [0.29, 0.717) is 6.54 Å². The van der Waals surface area contributed by atoms with E-state index >= 15 is 0 Å². The third-order valence-electron chi connectivity index (χ3n) is 6.94. The number of fused-ring (bicyclic) bond motifs is 4. The van der Waals surface area contributed by atoms with Crippen LogP contribution in [0.25, 0.3) is 26.7 Å². The van der Waals surface area contributed by atoms with Gasteiger partial charge in [0.05, 0.1) is 49.6 Å². The van der Waals surface area contributed by atoms with Crippen LogP contribution in [-0.4, -0.2) is 57.6 Å². The van der Waals surface area contributed by atoms with Crippen LogP contribution in [0, 0.1) is 0 Å². The lowest BCUT2D eigenvalue weighted by Gasteiger charge is -2.24. The fraction of sp³-hybridized carbons (Fsp3) is 0.375. The number of aromatic amines is 1. The highest BCUT2D eigenvalue weighted by molar-refractivity contribution is 7.18. The van der Waals surface area contributed by atoms with E-state index in [1.165, 1.54) is 31.9 Å². The molecule has 164 valence electrons. The van der Waals surface area contributed by atoms with Gasteiger partial charge in [-0.05, 0) is 36.7 Å². The van der Waals surface area contributed by atoms with E-state index in [0.717, 1.165) is 61.3 Å². The summed E-state index contributed by atoms with van der Waals surface area (Å²) in [6.07, 6.45) is 11.9. The molecule has 0 amide bonds. The first-order valence-corrected chi connectivity index (χ1v) is 12.1. The molecule has 32 heavy (non-hydrogen) atoms. The van der Waals surface area contributed by atoms with Crippen LogP contribution in [0.15, 0.2) is 41.9 Å². The van der Waals surface area contributed by atoms with Crippen molar-refractivity contribution in [3.05, 3.63) is 63.4 Å². The number of rotatable bonds is 4. The van der Waals surface area contributed by atoms with Crippen molar-refractivity contribution in [3.63, 3.8) is 0 Å². The van der Waals surface area contributed by atoms with Crippen LogP contribution < -0.4 is 10.5 Å². The van der Waals surface area contributed by atoms with Crippen LogP contribution in [0.2, 0.25) is 0 Å². The topological polar surface area (TPSA) is 71.2 Å². The Balaban J connectivity index is 1.17. The number of pyridine rings is 1. The van der Waals surface area contributed by atoms with Gasteiger partial charge in [-0.1, -0.05) is 0 Å². The molecule has 4 aromatic rings. The molecule has 0 fully saturated rings. The molecule has 4 aromatic heterocycles. The summed E-state index contributed by atoms with van der Waals surface area (Å²) in [7, 11) is 2.13. The third-order valence-corrected chi connectivity index (χ3v) is 8.06. The number of thiophene rings is 1. The maximum atomic E-state index is 13.2. The lowest BCUT2D eigenvalue weighted by Crippen LogP contribution is -3.12. The smallest absolute Gasteiger partial charge is 0.262 e. The van der Waals surface area contributed by atoms with Gasteiger partial charge >= 0.3 is 0 Å². The Kier molecular flexibility index (Phi) is 4.93. The van der Waals surface area contributed by atoms with E-state index in [1.54, 1.807) is 17.7 Å². The van der Waals surface area contributed by atoms with E-state index in [-0.39, 0.29) is 5.56 Å². The molecule has 1 unspecified atom stereocenters. The molecule has 0 bridgehead atoms. The molecule has 8 heteroatoms. The summed E-state index contributed by atoms with van der Waals surface area (Å²) in [5.74, 6) is 0. The molecule has 2 N–H and O–H groups in total. The Morgan fingerprint density at radius 2 is 2.25 bits per heavy atom. The molecule has 0 saturated carbocycles. The maximum absolute atomic E-state index is 13.2. The first-order chi connectivity index (χ1) is 15.7. The molecule has 0 radical (unpaired) electrons. The minimum atomic E-state index is 0.136. The molecule has 6 heterocycles. The summed E-state index contributed by atoms with van der Waals surface area (Å²) >= 11 is 1.69. The van der Waals surface area contributed by atoms with Gasteiger partial charge in [-0.2, -0.15) is 0 Å². The molecule has 0 aromatic carbocycles. The van der Waals surface area contributed by atoms with Crippen molar-refractivity contribution in [2.24, 2.45) is 0 Å². The molecule has 0 saturated heterocycles. The van der Waals surface area contributed by atoms with Crippen molar-refractivity contribution < 1.29 is 4.90 Å². The number of hydrogen-bond acceptors (Lipinski definition) is 5. The second kappa shape index (κ2) is 7.95. The molecular formula is C24H27N6OS+. The summed E-state index contributed by atoms with van der Waals surface area (Å²) in [6.45, 7) is 5.64. The molecule has 6 rings (SSSR count). The quantitative estimate of drug-likeness (QED) is 0.500. The molecule has 0 spiro atoms. The first kappa shape index (κ1) is 19.8. The molecule has 1 atom stereocenters. The van der Waals surface area contributed by atoms with Crippen molar-refractivity contribution in [1.82, 2.24) is 24.4 Å². The van der Waals surface area contributed by atoms with Crippen molar-refractivity contribution >= 4 is 38.0 Å². The zero-order valence-corrected chi connectivity index (χ0v) is 19.0. The van der Waals surface area contributed by atoms with Crippen LogP contribution in [0.4, 0.5) is 0 Å². The van der Waals surface area contributed by atoms with Gasteiger partial charge in [0, 0.05) is 47.7 Å². The van der Waals surface area contributed by atoms with Gasteiger partial charge in [-0.25, -0.2) is 4.98 Å². The Hall–Kier alpha value is -2.81. The highest BCUT2D eigenvalue weighted by atomic mass is 32.1. The van der Waals surface area contributed by atoms with E-state index in [2.05, 4.69) is 45.2 Å². The second-order valence-electron chi connectivity index (χ2n) is 8.97. The summed E-state index contributed by atoms with van der Waals surface area (Å²) < 4.78 is 1.83. The van der Waals surface area contributed by atoms with Crippen LogP contribution in [0.1, 0.15) is 22.4 Å². The number of nitrogens with one attached hydrogen (secondary N) is 2. The average Bonchev–Trinajstić information content (AvgIpc) is 3.40. The number of likely N-dealkylation sites (N-methyl/N-ethyl adjacent to an activating group) is 1. The van der Waals surface area contributed by atoms with Gasteiger partial charge in [0.25, 0.3) is 5.56 Å². The summed E-state index contributed by atoms with van der Waals surface area (Å²) in [4.78, 5) is 31.4. The molecule has 0 aliphatic carbocycles. The maximum Gasteiger partial charge on any atom is 0.262 e. The van der Waals surface area contributed by atoms with Gasteiger partial charge in [0.1, 0.15) is 4.83 Å². The van der Waals surface area contributed by atoms with Crippen molar-refractivity contribution in [2.45, 2.75) is 25.9 Å². The number of hydrogen-bond donors (Lipinski definition) is 2. The highest BCUT2D eigenvalue weighted by Crippen LogP contribution is 2.31. The largest absolute Gasteiger partial charge is 0.359 e. The predicted molar refractivity (Wildman–Crippen MR) is 128 cm³/mol. The zero-order valence-electron chi connectivity index (χ0n) is 18.2. The van der Waals surface area contributed by atoms with Crippen molar-refractivity contribution in [2.75, 3.05) is 33.2 Å². The Labute approximate surface area is 190 Å². The highest BCUT2D eigenvalue weighted by Gasteiger charge is 2.23. The number of aromatic nitrogens is 4. The van der Waals surface area contributed by atoms with E-state index in [9.17, 15) is 4.79 Å². The molecular weight excluding hydrogens is 420 g/mol. The van der Waals surface area contributed by atoms with E-state index in [1.807, 2.05) is 17.0 Å². The van der Waals surface area contributed by atoms with Crippen LogP contribution in [0.3, 0.4) is 0 Å². The standard InChI is InChI=1S/C24H26N6OS/c1-28-7-5-18-21(14-28)32-23-22(18)24(31)30(15-27-23)11-10-29-8-3-16(4-9-29)19-12-26-20-13-25-6-2-17(19)20/h2-3,6,12-13,15,26H,4-5,7-11,14H2,1H3/p+1. The second-order valence-corrected chi connectivity index (χ2v) is 10.1. The van der Waals surface area contributed by atoms with Crippen LogP contribution in [0.5, 0.6) is 0 Å². The van der Waals surface area contributed by atoms with Gasteiger partial charge < -0.3 is 14.8 Å². The number of nitrogens with zero attached hydrogens (tertiary/aromatic N) is 4. The van der Waals surface area contributed by atoms with Gasteiger partial charge in [0.2, 0.25) is 0 Å². The van der Waals surface area contributed by atoms with Gasteiger partial charge in [0.15, 0.2) is 0 Å².